The van der Waals surface area contributed by atoms with Crippen LogP contribution in [0.4, 0.5) is 19.1 Å². The van der Waals surface area contributed by atoms with Crippen LogP contribution >= 0.6 is 24.0 Å². The summed E-state index contributed by atoms with van der Waals surface area (Å²) in [6, 6.07) is 0.841. The highest BCUT2D eigenvalue weighted by Crippen LogP contribution is 2.28. The van der Waals surface area contributed by atoms with E-state index in [1.54, 1.807) is 0 Å². The highest BCUT2D eigenvalue weighted by molar-refractivity contribution is 14.0. The minimum atomic E-state index is -4.48. The molecule has 0 aromatic carbocycles. The summed E-state index contributed by atoms with van der Waals surface area (Å²) in [4.78, 5) is 11.7. The Bertz CT molecular complexity index is 599. The molecular weight excluding hydrogens is 488 g/mol. The predicted octanol–water partition coefficient (Wildman–Crippen LogP) is 2.90. The zero-order valence-corrected chi connectivity index (χ0v) is 18.2. The average Bonchev–Trinajstić information content (AvgIpc) is 3.45. The number of alkyl halides is 3. The lowest BCUT2D eigenvalue weighted by Gasteiger charge is -2.12. The first-order valence-electron chi connectivity index (χ1n) is 9.23. The number of aromatic nitrogens is 2. The van der Waals surface area contributed by atoms with Crippen molar-refractivity contribution in [3.8, 4) is 0 Å². The Morgan fingerprint density at radius 1 is 1.29 bits per heavy atom. The van der Waals surface area contributed by atoms with Gasteiger partial charge in [0, 0.05) is 45.6 Å². The first-order chi connectivity index (χ1) is 13.0. The van der Waals surface area contributed by atoms with Crippen molar-refractivity contribution in [2.75, 3.05) is 44.7 Å². The maximum Gasteiger partial charge on any atom is 0.433 e. The summed E-state index contributed by atoms with van der Waals surface area (Å²) in [6.07, 6.45) is 0.0192. The van der Waals surface area contributed by atoms with Gasteiger partial charge in [0.15, 0.2) is 5.96 Å². The van der Waals surface area contributed by atoms with E-state index in [2.05, 4.69) is 30.9 Å². The topological polar surface area (TPSA) is 83.5 Å². The Kier molecular flexibility index (Phi) is 11.4. The van der Waals surface area contributed by atoms with Crippen LogP contribution in [-0.2, 0) is 10.9 Å². The van der Waals surface area contributed by atoms with Gasteiger partial charge in [-0.3, -0.25) is 4.99 Å². The molecule has 1 fully saturated rings. The van der Waals surface area contributed by atoms with Crippen LogP contribution in [0.2, 0.25) is 0 Å². The van der Waals surface area contributed by atoms with Crippen molar-refractivity contribution in [2.45, 2.75) is 32.4 Å². The van der Waals surface area contributed by atoms with Gasteiger partial charge in [-0.25, -0.2) is 9.97 Å². The molecule has 11 heteroatoms. The van der Waals surface area contributed by atoms with Crippen molar-refractivity contribution < 1.29 is 17.9 Å². The predicted molar refractivity (Wildman–Crippen MR) is 113 cm³/mol. The summed E-state index contributed by atoms with van der Waals surface area (Å²) in [7, 11) is 0. The van der Waals surface area contributed by atoms with E-state index in [-0.39, 0.29) is 29.9 Å². The minimum absolute atomic E-state index is 0. The van der Waals surface area contributed by atoms with Crippen LogP contribution in [0.3, 0.4) is 0 Å². The standard InChI is InChI=1S/C17H27F3N6O.HI/c1-2-21-15(22-7-3-11-27-12-13-4-5-13)24-9-10-25-16-23-8-6-14(26-16)17(18,19)20;/h6,8,13H,2-5,7,9-12H2,1H3,(H2,21,22,24)(H,23,25,26);1H. The number of nitrogens with one attached hydrogen (secondary N) is 3. The van der Waals surface area contributed by atoms with Crippen LogP contribution in [0.15, 0.2) is 17.3 Å². The summed E-state index contributed by atoms with van der Waals surface area (Å²) in [6.45, 7) is 5.70. The molecule has 1 saturated carbocycles. The molecule has 1 aromatic rings. The summed E-state index contributed by atoms with van der Waals surface area (Å²) in [5.74, 6) is 1.37. The lowest BCUT2D eigenvalue weighted by Crippen LogP contribution is -2.39. The number of hydrogen-bond acceptors (Lipinski definition) is 5. The fourth-order valence-corrected chi connectivity index (χ4v) is 2.19. The minimum Gasteiger partial charge on any atom is -0.381 e. The number of rotatable bonds is 11. The Morgan fingerprint density at radius 2 is 2.07 bits per heavy atom. The molecule has 0 unspecified atom stereocenters. The third-order valence-electron chi connectivity index (χ3n) is 3.76. The number of anilines is 1. The van der Waals surface area contributed by atoms with E-state index in [1.807, 2.05) is 6.92 Å². The molecule has 0 radical (unpaired) electrons. The Hall–Kier alpha value is -1.37. The smallest absolute Gasteiger partial charge is 0.381 e. The van der Waals surface area contributed by atoms with Gasteiger partial charge in [-0.05, 0) is 38.2 Å². The van der Waals surface area contributed by atoms with Gasteiger partial charge >= 0.3 is 6.18 Å². The van der Waals surface area contributed by atoms with Crippen LogP contribution in [0.25, 0.3) is 0 Å². The molecule has 1 aliphatic rings. The molecule has 1 aliphatic carbocycles. The molecule has 0 saturated heterocycles. The first-order valence-corrected chi connectivity index (χ1v) is 9.23. The van der Waals surface area contributed by atoms with Crippen LogP contribution in [0.1, 0.15) is 31.9 Å². The lowest BCUT2D eigenvalue weighted by atomic mass is 10.4. The third kappa shape index (κ3) is 10.2. The Labute approximate surface area is 180 Å². The number of ether oxygens (including phenoxy) is 1. The first kappa shape index (κ1) is 24.7. The van der Waals surface area contributed by atoms with Gasteiger partial charge in [0.1, 0.15) is 5.69 Å². The molecule has 1 heterocycles. The van der Waals surface area contributed by atoms with Gasteiger partial charge < -0.3 is 20.7 Å². The van der Waals surface area contributed by atoms with Gasteiger partial charge in [0.05, 0.1) is 0 Å². The second-order valence-corrected chi connectivity index (χ2v) is 6.25. The van der Waals surface area contributed by atoms with Crippen molar-refractivity contribution in [3.05, 3.63) is 18.0 Å². The van der Waals surface area contributed by atoms with E-state index in [4.69, 9.17) is 4.74 Å². The van der Waals surface area contributed by atoms with Crippen molar-refractivity contribution >= 4 is 35.9 Å². The Morgan fingerprint density at radius 3 is 2.75 bits per heavy atom. The highest BCUT2D eigenvalue weighted by Gasteiger charge is 2.32. The monoisotopic (exact) mass is 516 g/mol. The molecule has 2 rings (SSSR count). The molecule has 3 N–H and O–H groups in total. The molecule has 28 heavy (non-hydrogen) atoms. The van der Waals surface area contributed by atoms with E-state index in [9.17, 15) is 13.2 Å². The van der Waals surface area contributed by atoms with E-state index in [0.717, 1.165) is 31.2 Å². The number of guanidine groups is 1. The van der Waals surface area contributed by atoms with Crippen LogP contribution < -0.4 is 16.0 Å². The summed E-state index contributed by atoms with van der Waals surface area (Å²) in [5.41, 5.74) is -0.966. The molecule has 0 atom stereocenters. The molecule has 160 valence electrons. The normalized spacial score (nSPS) is 14.4. The largest absolute Gasteiger partial charge is 0.433 e. The number of hydrogen-bond donors (Lipinski definition) is 3. The second kappa shape index (κ2) is 13.0. The quantitative estimate of drug-likeness (QED) is 0.182. The zero-order chi connectivity index (χ0) is 19.5. The number of halogens is 4. The lowest BCUT2D eigenvalue weighted by molar-refractivity contribution is -0.141. The van der Waals surface area contributed by atoms with Crippen molar-refractivity contribution in [1.29, 1.82) is 0 Å². The maximum absolute atomic E-state index is 12.6. The Balaban J connectivity index is 0.00000392. The van der Waals surface area contributed by atoms with E-state index in [0.29, 0.717) is 38.7 Å². The molecule has 0 aliphatic heterocycles. The van der Waals surface area contributed by atoms with E-state index in [1.165, 1.54) is 12.8 Å². The third-order valence-corrected chi connectivity index (χ3v) is 3.76. The molecular formula is C17H28F3IN6O. The van der Waals surface area contributed by atoms with Crippen LogP contribution in [0, 0.1) is 5.92 Å². The highest BCUT2D eigenvalue weighted by atomic mass is 127. The SMILES string of the molecule is CCNC(=NCCCOCC1CC1)NCCNc1nccc(C(F)(F)F)n1.I. The number of aliphatic imine (C=N–C) groups is 1. The van der Waals surface area contributed by atoms with Crippen molar-refractivity contribution in [2.24, 2.45) is 10.9 Å². The van der Waals surface area contributed by atoms with Gasteiger partial charge in [-0.1, -0.05) is 0 Å². The summed E-state index contributed by atoms with van der Waals surface area (Å²) >= 11 is 0. The molecule has 0 amide bonds. The molecule has 0 bridgehead atoms. The van der Waals surface area contributed by atoms with Crippen LogP contribution in [-0.4, -0.2) is 55.3 Å². The van der Waals surface area contributed by atoms with Crippen molar-refractivity contribution in [3.63, 3.8) is 0 Å². The summed E-state index contributed by atoms with van der Waals surface area (Å²) in [5, 5.41) is 9.00. The molecule has 7 nitrogen and oxygen atoms in total. The fourth-order valence-electron chi connectivity index (χ4n) is 2.19. The van der Waals surface area contributed by atoms with E-state index < -0.39 is 11.9 Å². The van der Waals surface area contributed by atoms with E-state index >= 15 is 0 Å². The van der Waals surface area contributed by atoms with Gasteiger partial charge in [-0.2, -0.15) is 13.2 Å². The number of nitrogens with zero attached hydrogens (tertiary/aromatic N) is 3. The van der Waals surface area contributed by atoms with Gasteiger partial charge in [0.2, 0.25) is 5.95 Å². The zero-order valence-electron chi connectivity index (χ0n) is 15.9. The molecule has 1 aromatic heterocycles. The van der Waals surface area contributed by atoms with Crippen LogP contribution in [0.5, 0.6) is 0 Å². The van der Waals surface area contributed by atoms with Gasteiger partial charge in [0.25, 0.3) is 0 Å². The average molecular weight is 516 g/mol. The molecule has 0 spiro atoms. The van der Waals surface area contributed by atoms with Crippen molar-refractivity contribution in [1.82, 2.24) is 20.6 Å². The second-order valence-electron chi connectivity index (χ2n) is 6.25. The fraction of sp³-hybridized carbons (Fsp3) is 0.706. The maximum atomic E-state index is 12.6. The summed E-state index contributed by atoms with van der Waals surface area (Å²) < 4.78 is 43.4. The van der Waals surface area contributed by atoms with Gasteiger partial charge in [-0.15, -0.1) is 24.0 Å².